The van der Waals surface area contributed by atoms with Gasteiger partial charge in [0.25, 0.3) is 0 Å². The number of ether oxygens (including phenoxy) is 4. The quantitative estimate of drug-likeness (QED) is 0.137. The minimum atomic E-state index is -0.801. The topological polar surface area (TPSA) is 119 Å². The van der Waals surface area contributed by atoms with Crippen LogP contribution in [-0.4, -0.2) is 72.1 Å². The van der Waals surface area contributed by atoms with Crippen LogP contribution in [0.1, 0.15) is 46.0 Å². The number of methoxy groups -OCH3 is 2. The van der Waals surface area contributed by atoms with Gasteiger partial charge in [-0.05, 0) is 78.9 Å². The van der Waals surface area contributed by atoms with Gasteiger partial charge >= 0.3 is 12.1 Å². The molecule has 1 N–H and O–H groups in total. The molecule has 0 spiro atoms. The Morgan fingerprint density at radius 2 is 1.73 bits per heavy atom. The van der Waals surface area contributed by atoms with Gasteiger partial charge in [-0.3, -0.25) is 19.9 Å². The molecule has 1 amide bonds. The average molecular weight is 731 g/mol. The summed E-state index contributed by atoms with van der Waals surface area (Å²) in [6.07, 6.45) is 5.48. The van der Waals surface area contributed by atoms with Crippen LogP contribution in [0, 0.1) is 5.92 Å². The molecule has 3 aromatic carbocycles. The van der Waals surface area contributed by atoms with Crippen molar-refractivity contribution < 1.29 is 28.5 Å². The number of carbonyl (C=O) groups is 2. The molecule has 5 heterocycles. The number of hydrogen-bond acceptors (Lipinski definition) is 9. The smallest absolute Gasteiger partial charge is 0.414 e. The third-order valence-electron chi connectivity index (χ3n) is 9.69. The van der Waals surface area contributed by atoms with Gasteiger partial charge in [0.2, 0.25) is 0 Å². The summed E-state index contributed by atoms with van der Waals surface area (Å²) >= 11 is 13.0. The molecule has 0 saturated carbocycles. The fourth-order valence-corrected chi connectivity index (χ4v) is 7.46. The Labute approximate surface area is 305 Å². The number of piperidine rings is 3. The molecule has 264 valence electrons. The van der Waals surface area contributed by atoms with Crippen molar-refractivity contribution in [3.8, 4) is 11.5 Å². The van der Waals surface area contributed by atoms with Crippen LogP contribution in [0.3, 0.4) is 0 Å². The maximum absolute atomic E-state index is 14.0. The summed E-state index contributed by atoms with van der Waals surface area (Å²) in [5.74, 6) is 0.774. The summed E-state index contributed by atoms with van der Waals surface area (Å²) in [6, 6.07) is 18.0. The normalized spacial score (nSPS) is 18.6. The zero-order valence-electron chi connectivity index (χ0n) is 28.2. The highest BCUT2D eigenvalue weighted by Crippen LogP contribution is 2.36. The van der Waals surface area contributed by atoms with Crippen molar-refractivity contribution in [3.63, 3.8) is 0 Å². The number of nitrogens with zero attached hydrogens (tertiary/aromatic N) is 4. The van der Waals surface area contributed by atoms with Crippen molar-refractivity contribution in [2.24, 2.45) is 5.92 Å². The van der Waals surface area contributed by atoms with Crippen molar-refractivity contribution in [2.45, 2.75) is 38.0 Å². The van der Waals surface area contributed by atoms with Crippen LogP contribution >= 0.6 is 23.2 Å². The van der Waals surface area contributed by atoms with E-state index in [4.69, 9.17) is 42.1 Å². The number of H-pyrrole nitrogens is 1. The Morgan fingerprint density at radius 1 is 0.961 bits per heavy atom. The third kappa shape index (κ3) is 7.46. The molecular weight excluding hydrogens is 693 g/mol. The Bertz CT molecular complexity index is 2030. The molecule has 8 rings (SSSR count). The van der Waals surface area contributed by atoms with E-state index in [0.717, 1.165) is 37.9 Å². The lowest BCUT2D eigenvalue weighted by Crippen LogP contribution is -2.53. The molecule has 2 bridgehead atoms. The van der Waals surface area contributed by atoms with Crippen molar-refractivity contribution in [1.29, 1.82) is 0 Å². The lowest BCUT2D eigenvalue weighted by atomic mass is 9.86. The molecule has 5 aromatic rings. The number of aromatic amines is 1. The number of esters is 1. The van der Waals surface area contributed by atoms with E-state index < -0.39 is 18.2 Å². The Morgan fingerprint density at radius 3 is 2.45 bits per heavy atom. The van der Waals surface area contributed by atoms with Crippen LogP contribution in [0.2, 0.25) is 10.0 Å². The van der Waals surface area contributed by atoms with E-state index >= 15 is 0 Å². The summed E-state index contributed by atoms with van der Waals surface area (Å²) in [7, 11) is 3.08. The summed E-state index contributed by atoms with van der Waals surface area (Å²) in [5.41, 5.74) is 3.58. The molecule has 3 fully saturated rings. The van der Waals surface area contributed by atoms with Gasteiger partial charge in [0.1, 0.15) is 12.2 Å². The number of rotatable bonds is 11. The zero-order chi connectivity index (χ0) is 35.5. The number of halogens is 2. The first-order valence-electron chi connectivity index (χ1n) is 16.7. The number of amides is 1. The maximum Gasteiger partial charge on any atom is 0.414 e. The van der Waals surface area contributed by atoms with Crippen molar-refractivity contribution in [3.05, 3.63) is 112 Å². The highest BCUT2D eigenvalue weighted by Gasteiger charge is 2.38. The lowest BCUT2D eigenvalue weighted by Gasteiger charge is -2.44. The minimum absolute atomic E-state index is 0.139. The number of fused-ring (bicyclic) bond motifs is 4. The fraction of sp³-hybridized carbons (Fsp3) is 0.316. The van der Waals surface area contributed by atoms with Crippen molar-refractivity contribution >= 4 is 51.9 Å². The van der Waals surface area contributed by atoms with E-state index in [2.05, 4.69) is 20.1 Å². The molecule has 13 heteroatoms. The second kappa shape index (κ2) is 15.2. The SMILES string of the molecule is COc1ccc([C@H](Cc2c(Cl)cncc2Cl)OC(=O)c2cccc(CN(C(=O)O[C@H]3CN4CCC3CC4)c3cccc4cn[nH]c34)c2)cc1OC. The molecule has 0 aliphatic carbocycles. The van der Waals surface area contributed by atoms with Crippen molar-refractivity contribution in [1.82, 2.24) is 20.1 Å². The van der Waals surface area contributed by atoms with E-state index in [1.165, 1.54) is 19.5 Å². The van der Waals surface area contributed by atoms with Gasteiger partial charge in [0, 0.05) is 30.7 Å². The number of nitrogens with one attached hydrogen (secondary N) is 1. The Kier molecular flexibility index (Phi) is 10.3. The average Bonchev–Trinajstić information content (AvgIpc) is 3.65. The van der Waals surface area contributed by atoms with Crippen LogP contribution < -0.4 is 14.4 Å². The van der Waals surface area contributed by atoms with Gasteiger partial charge in [-0.1, -0.05) is 53.5 Å². The standard InChI is InChI=1S/C38H37Cl2N5O6/c1-48-32-10-9-25(16-34(32)49-2)33(17-28-29(39)19-41-20-30(28)40)50-37(46)26-6-3-5-23(15-26)21-45(31-8-4-7-27-18-42-43-36(27)31)38(47)51-35-22-44-13-11-24(35)12-14-44/h3-10,15-16,18-20,24,33,35H,11-14,17,21-22H2,1-2H3,(H,42,43)/t33-,35-/m0/s1. The number of pyridine rings is 1. The molecule has 51 heavy (non-hydrogen) atoms. The predicted molar refractivity (Wildman–Crippen MR) is 194 cm³/mol. The highest BCUT2D eigenvalue weighted by molar-refractivity contribution is 6.35. The first kappa shape index (κ1) is 34.6. The van der Waals surface area contributed by atoms with E-state index in [1.54, 1.807) is 54.6 Å². The monoisotopic (exact) mass is 729 g/mol. The van der Waals surface area contributed by atoms with E-state index in [0.29, 0.717) is 60.9 Å². The zero-order valence-corrected chi connectivity index (χ0v) is 29.7. The fourth-order valence-electron chi connectivity index (χ4n) is 6.94. The summed E-state index contributed by atoms with van der Waals surface area (Å²) < 4.78 is 23.3. The largest absolute Gasteiger partial charge is 0.493 e. The van der Waals surface area contributed by atoms with E-state index in [9.17, 15) is 9.59 Å². The Balaban J connectivity index is 1.17. The molecule has 0 unspecified atom stereocenters. The van der Waals surface area contributed by atoms with Gasteiger partial charge in [-0.15, -0.1) is 0 Å². The summed E-state index contributed by atoms with van der Waals surface area (Å²) in [5, 5.41) is 8.79. The predicted octanol–water partition coefficient (Wildman–Crippen LogP) is 7.66. The van der Waals surface area contributed by atoms with Crippen LogP contribution in [0.4, 0.5) is 10.5 Å². The van der Waals surface area contributed by atoms with Crippen LogP contribution in [0.15, 0.2) is 79.3 Å². The second-order valence-electron chi connectivity index (χ2n) is 12.8. The van der Waals surface area contributed by atoms with Gasteiger partial charge < -0.3 is 18.9 Å². The summed E-state index contributed by atoms with van der Waals surface area (Å²) in [4.78, 5) is 35.9. The number of carbonyl (C=O) groups excluding carboxylic acids is 2. The number of aromatic nitrogens is 3. The molecule has 3 aliphatic heterocycles. The van der Waals surface area contributed by atoms with Crippen LogP contribution in [-0.2, 0) is 22.4 Å². The maximum atomic E-state index is 14.0. The van der Waals surface area contributed by atoms with Crippen molar-refractivity contribution in [2.75, 3.05) is 38.8 Å². The molecular formula is C38H37Cl2N5O6. The van der Waals surface area contributed by atoms with Gasteiger partial charge in [0.05, 0.1) is 53.8 Å². The minimum Gasteiger partial charge on any atom is -0.493 e. The summed E-state index contributed by atoms with van der Waals surface area (Å²) in [6.45, 7) is 2.94. The first-order valence-corrected chi connectivity index (χ1v) is 17.5. The number of benzene rings is 3. The van der Waals surface area contributed by atoms with Crippen LogP contribution in [0.5, 0.6) is 11.5 Å². The van der Waals surface area contributed by atoms with Gasteiger partial charge in [0.15, 0.2) is 11.5 Å². The number of para-hydroxylation sites is 1. The highest BCUT2D eigenvalue weighted by atomic mass is 35.5. The molecule has 3 saturated heterocycles. The third-order valence-corrected chi connectivity index (χ3v) is 10.3. The van der Waals surface area contributed by atoms with E-state index in [-0.39, 0.29) is 19.1 Å². The van der Waals surface area contributed by atoms with Gasteiger partial charge in [-0.2, -0.15) is 5.10 Å². The lowest BCUT2D eigenvalue weighted by molar-refractivity contribution is -0.0311. The first-order chi connectivity index (χ1) is 24.8. The Hall–Kier alpha value is -4.84. The molecule has 11 nitrogen and oxygen atoms in total. The molecule has 3 aliphatic rings. The second-order valence-corrected chi connectivity index (χ2v) is 13.6. The molecule has 2 atom stereocenters. The molecule has 0 radical (unpaired) electrons. The molecule has 2 aromatic heterocycles. The number of hydrogen-bond donors (Lipinski definition) is 1. The van der Waals surface area contributed by atoms with Gasteiger partial charge in [-0.25, -0.2) is 9.59 Å². The van der Waals surface area contributed by atoms with E-state index in [1.807, 2.05) is 24.3 Å². The van der Waals surface area contributed by atoms with Crippen LogP contribution in [0.25, 0.3) is 10.9 Å². The number of anilines is 1.